The molecule has 0 spiro atoms. The summed E-state index contributed by atoms with van der Waals surface area (Å²) in [5, 5.41) is 0. The quantitative estimate of drug-likeness (QED) is 0.510. The lowest BCUT2D eigenvalue weighted by atomic mass is 10.3. The summed E-state index contributed by atoms with van der Waals surface area (Å²) in [6.45, 7) is 5.24. The number of likely N-dealkylation sites (tertiary alicyclic amines) is 1. The van der Waals surface area contributed by atoms with Crippen molar-refractivity contribution in [2.45, 2.75) is 45.8 Å². The maximum Gasteiger partial charge on any atom is 0.224 e. The summed E-state index contributed by atoms with van der Waals surface area (Å²) in [6, 6.07) is 0. The molecule has 0 N–H and O–H groups in total. The van der Waals surface area contributed by atoms with Gasteiger partial charge in [0.15, 0.2) is 0 Å². The third-order valence-electron chi connectivity index (χ3n) is 2.51. The van der Waals surface area contributed by atoms with Crippen molar-refractivity contribution in [2.75, 3.05) is 13.2 Å². The van der Waals surface area contributed by atoms with Gasteiger partial charge in [-0.05, 0) is 20.3 Å². The van der Waals surface area contributed by atoms with Gasteiger partial charge in [-0.1, -0.05) is 0 Å². The van der Waals surface area contributed by atoms with Crippen LogP contribution in [0.2, 0.25) is 0 Å². The van der Waals surface area contributed by atoms with Gasteiger partial charge in [0.1, 0.15) is 6.23 Å². The van der Waals surface area contributed by atoms with Crippen LogP contribution in [-0.4, -0.2) is 30.2 Å². The summed E-state index contributed by atoms with van der Waals surface area (Å²) in [6.07, 6.45) is 3.28. The molecule has 15 heavy (non-hydrogen) atoms. The third kappa shape index (κ3) is 3.56. The van der Waals surface area contributed by atoms with E-state index in [1.807, 2.05) is 18.7 Å². The highest BCUT2D eigenvalue weighted by molar-refractivity contribution is 5.78. The van der Waals surface area contributed by atoms with E-state index in [2.05, 4.69) is 11.8 Å². The van der Waals surface area contributed by atoms with E-state index in [9.17, 15) is 4.79 Å². The summed E-state index contributed by atoms with van der Waals surface area (Å²) < 4.78 is 5.51. The SMILES string of the molecule is CC#CCCCN1C(=O)CCC1OCC. The number of hydrogen-bond acceptors (Lipinski definition) is 2. The maximum atomic E-state index is 11.5. The number of unbranched alkanes of at least 4 members (excludes halogenated alkanes) is 1. The molecular weight excluding hydrogens is 190 g/mol. The predicted molar refractivity (Wildman–Crippen MR) is 59.0 cm³/mol. The van der Waals surface area contributed by atoms with Crippen molar-refractivity contribution in [1.29, 1.82) is 0 Å². The van der Waals surface area contributed by atoms with Crippen LogP contribution in [-0.2, 0) is 9.53 Å². The maximum absolute atomic E-state index is 11.5. The Balaban J connectivity index is 2.34. The third-order valence-corrected chi connectivity index (χ3v) is 2.51. The molecule has 0 bridgehead atoms. The van der Waals surface area contributed by atoms with Crippen LogP contribution < -0.4 is 0 Å². The number of hydrogen-bond donors (Lipinski definition) is 0. The van der Waals surface area contributed by atoms with Gasteiger partial charge in [0.2, 0.25) is 5.91 Å². The van der Waals surface area contributed by atoms with Gasteiger partial charge in [0.25, 0.3) is 0 Å². The summed E-state index contributed by atoms with van der Waals surface area (Å²) in [5.74, 6) is 6.08. The monoisotopic (exact) mass is 209 g/mol. The van der Waals surface area contributed by atoms with Gasteiger partial charge in [-0.3, -0.25) is 4.79 Å². The molecule has 1 saturated heterocycles. The van der Waals surface area contributed by atoms with Crippen molar-refractivity contribution in [1.82, 2.24) is 4.90 Å². The van der Waals surface area contributed by atoms with Crippen LogP contribution in [0.15, 0.2) is 0 Å². The molecule has 1 aliphatic rings. The molecule has 3 nitrogen and oxygen atoms in total. The average molecular weight is 209 g/mol. The largest absolute Gasteiger partial charge is 0.359 e. The average Bonchev–Trinajstić information content (AvgIpc) is 2.56. The molecule has 1 aliphatic heterocycles. The van der Waals surface area contributed by atoms with Crippen LogP contribution in [0.1, 0.15) is 39.5 Å². The Labute approximate surface area is 91.8 Å². The van der Waals surface area contributed by atoms with Gasteiger partial charge in [-0.25, -0.2) is 0 Å². The van der Waals surface area contributed by atoms with Crippen LogP contribution in [0, 0.1) is 11.8 Å². The van der Waals surface area contributed by atoms with E-state index < -0.39 is 0 Å². The first kappa shape index (κ1) is 12.1. The first-order valence-corrected chi connectivity index (χ1v) is 5.60. The highest BCUT2D eigenvalue weighted by Gasteiger charge is 2.30. The summed E-state index contributed by atoms with van der Waals surface area (Å²) in [5.41, 5.74) is 0. The van der Waals surface area contributed by atoms with E-state index in [0.717, 1.165) is 25.8 Å². The molecule has 84 valence electrons. The van der Waals surface area contributed by atoms with E-state index >= 15 is 0 Å². The second-order valence-corrected chi connectivity index (χ2v) is 3.57. The molecule has 1 unspecified atom stereocenters. The normalized spacial score (nSPS) is 20.3. The number of rotatable bonds is 5. The molecule has 1 heterocycles. The standard InChI is InChI=1S/C12H19NO2/c1-3-5-6-7-10-13-11(14)8-9-12(13)15-4-2/h12H,4,6-10H2,1-2H3. The summed E-state index contributed by atoms with van der Waals surface area (Å²) in [7, 11) is 0. The molecule has 0 saturated carbocycles. The lowest BCUT2D eigenvalue weighted by Crippen LogP contribution is -2.35. The Morgan fingerprint density at radius 1 is 1.60 bits per heavy atom. The predicted octanol–water partition coefficient (Wildman–Crippen LogP) is 1.77. The molecule has 1 fully saturated rings. The van der Waals surface area contributed by atoms with E-state index in [1.165, 1.54) is 0 Å². The lowest BCUT2D eigenvalue weighted by Gasteiger charge is -2.23. The second kappa shape index (κ2) is 6.47. The molecule has 1 amide bonds. The fourth-order valence-electron chi connectivity index (χ4n) is 1.80. The highest BCUT2D eigenvalue weighted by atomic mass is 16.5. The molecule has 0 aromatic heterocycles. The zero-order chi connectivity index (χ0) is 11.1. The van der Waals surface area contributed by atoms with Crippen molar-refractivity contribution >= 4 is 5.91 Å². The second-order valence-electron chi connectivity index (χ2n) is 3.57. The number of carbonyl (C=O) groups excluding carboxylic acids is 1. The minimum atomic E-state index is 0.0112. The Hall–Kier alpha value is -1.01. The van der Waals surface area contributed by atoms with E-state index in [4.69, 9.17) is 4.74 Å². The number of ether oxygens (including phenoxy) is 1. The lowest BCUT2D eigenvalue weighted by molar-refractivity contribution is -0.136. The minimum absolute atomic E-state index is 0.0112. The number of amides is 1. The Morgan fingerprint density at radius 2 is 2.40 bits per heavy atom. The molecule has 3 heteroatoms. The first-order valence-electron chi connectivity index (χ1n) is 5.60. The molecule has 1 atom stereocenters. The van der Waals surface area contributed by atoms with Crippen molar-refractivity contribution in [3.05, 3.63) is 0 Å². The van der Waals surface area contributed by atoms with Gasteiger partial charge in [0, 0.05) is 32.4 Å². The molecule has 0 aromatic rings. The van der Waals surface area contributed by atoms with E-state index in [0.29, 0.717) is 13.0 Å². The smallest absolute Gasteiger partial charge is 0.224 e. The molecule has 1 rings (SSSR count). The van der Waals surface area contributed by atoms with Crippen LogP contribution in [0.3, 0.4) is 0 Å². The minimum Gasteiger partial charge on any atom is -0.359 e. The van der Waals surface area contributed by atoms with Gasteiger partial charge < -0.3 is 9.64 Å². The number of carbonyl (C=O) groups is 1. The zero-order valence-corrected chi connectivity index (χ0v) is 9.58. The first-order chi connectivity index (χ1) is 7.29. The highest BCUT2D eigenvalue weighted by Crippen LogP contribution is 2.19. The molecule has 0 aromatic carbocycles. The van der Waals surface area contributed by atoms with Crippen LogP contribution >= 0.6 is 0 Å². The molecular formula is C12H19NO2. The van der Waals surface area contributed by atoms with Gasteiger partial charge in [-0.15, -0.1) is 11.8 Å². The van der Waals surface area contributed by atoms with Gasteiger partial charge in [-0.2, -0.15) is 0 Å². The fraction of sp³-hybridized carbons (Fsp3) is 0.750. The Kier molecular flexibility index (Phi) is 5.20. The van der Waals surface area contributed by atoms with Crippen molar-refractivity contribution in [2.24, 2.45) is 0 Å². The number of nitrogens with zero attached hydrogens (tertiary/aromatic N) is 1. The Bertz CT molecular complexity index is 265. The van der Waals surface area contributed by atoms with Gasteiger partial charge >= 0.3 is 0 Å². The summed E-state index contributed by atoms with van der Waals surface area (Å²) >= 11 is 0. The fourth-order valence-corrected chi connectivity index (χ4v) is 1.80. The van der Waals surface area contributed by atoms with Crippen LogP contribution in [0.25, 0.3) is 0 Å². The molecule has 0 aliphatic carbocycles. The van der Waals surface area contributed by atoms with Crippen LogP contribution in [0.4, 0.5) is 0 Å². The van der Waals surface area contributed by atoms with Crippen LogP contribution in [0.5, 0.6) is 0 Å². The van der Waals surface area contributed by atoms with Gasteiger partial charge in [0.05, 0.1) is 0 Å². The summed E-state index contributed by atoms with van der Waals surface area (Å²) in [4.78, 5) is 13.4. The van der Waals surface area contributed by atoms with Crippen molar-refractivity contribution < 1.29 is 9.53 Å². The van der Waals surface area contributed by atoms with E-state index in [-0.39, 0.29) is 12.1 Å². The molecule has 0 radical (unpaired) electrons. The zero-order valence-electron chi connectivity index (χ0n) is 9.58. The van der Waals surface area contributed by atoms with E-state index in [1.54, 1.807) is 0 Å². The topological polar surface area (TPSA) is 29.5 Å². The van der Waals surface area contributed by atoms with Crippen molar-refractivity contribution in [3.63, 3.8) is 0 Å². The Morgan fingerprint density at radius 3 is 3.07 bits per heavy atom. The van der Waals surface area contributed by atoms with Crippen molar-refractivity contribution in [3.8, 4) is 11.8 Å².